The van der Waals surface area contributed by atoms with Crippen LogP contribution in [0.5, 0.6) is 11.5 Å². The molecule has 0 atom stereocenters. The molecular weight excluding hydrogens is 388 g/mol. The SMILES string of the molecule is COc1ccc(NC(=O)/C(C#N)=C\Nc2cc([N+](=O)[O-])ccc2OC)cc1Cl. The third-order valence-electron chi connectivity index (χ3n) is 3.54. The number of non-ortho nitro benzene ring substituents is 1. The summed E-state index contributed by atoms with van der Waals surface area (Å²) in [6.07, 6.45) is 1.13. The number of rotatable bonds is 7. The number of amides is 1. The quantitative estimate of drug-likeness (QED) is 0.312. The van der Waals surface area contributed by atoms with Crippen LogP contribution >= 0.6 is 11.6 Å². The summed E-state index contributed by atoms with van der Waals surface area (Å²) in [5, 5.41) is 25.7. The van der Waals surface area contributed by atoms with Crippen LogP contribution in [0, 0.1) is 21.4 Å². The van der Waals surface area contributed by atoms with Gasteiger partial charge in [0.1, 0.15) is 23.1 Å². The number of nitrogens with zero attached hydrogens (tertiary/aromatic N) is 2. The highest BCUT2D eigenvalue weighted by Gasteiger charge is 2.13. The van der Waals surface area contributed by atoms with Gasteiger partial charge >= 0.3 is 0 Å². The number of hydrogen-bond acceptors (Lipinski definition) is 7. The number of anilines is 2. The molecule has 0 spiro atoms. The molecule has 28 heavy (non-hydrogen) atoms. The smallest absolute Gasteiger partial charge is 0.271 e. The number of nitrogens with one attached hydrogen (secondary N) is 2. The molecule has 0 saturated heterocycles. The molecule has 2 rings (SSSR count). The normalized spacial score (nSPS) is 10.6. The van der Waals surface area contributed by atoms with Crippen molar-refractivity contribution in [2.24, 2.45) is 0 Å². The number of nitro groups is 1. The first-order valence-corrected chi connectivity index (χ1v) is 8.11. The van der Waals surface area contributed by atoms with Crippen molar-refractivity contribution in [1.29, 1.82) is 5.26 Å². The molecule has 0 heterocycles. The predicted octanol–water partition coefficient (Wildman–Crippen LogP) is 3.72. The number of nitro benzene ring substituents is 1. The molecule has 0 unspecified atom stereocenters. The van der Waals surface area contributed by atoms with Crippen LogP contribution in [0.25, 0.3) is 0 Å². The van der Waals surface area contributed by atoms with Gasteiger partial charge in [0.2, 0.25) is 0 Å². The van der Waals surface area contributed by atoms with E-state index in [1.807, 2.05) is 0 Å². The summed E-state index contributed by atoms with van der Waals surface area (Å²) in [5.74, 6) is 0.0530. The fourth-order valence-corrected chi connectivity index (χ4v) is 2.42. The molecule has 1 amide bonds. The van der Waals surface area contributed by atoms with Crippen molar-refractivity contribution >= 4 is 34.6 Å². The highest BCUT2D eigenvalue weighted by Crippen LogP contribution is 2.29. The Kier molecular flexibility index (Phi) is 6.79. The molecule has 0 fully saturated rings. The van der Waals surface area contributed by atoms with Crippen molar-refractivity contribution in [3.05, 3.63) is 63.3 Å². The fourth-order valence-electron chi connectivity index (χ4n) is 2.16. The molecule has 10 heteroatoms. The van der Waals surface area contributed by atoms with Crippen molar-refractivity contribution in [3.63, 3.8) is 0 Å². The zero-order valence-corrected chi connectivity index (χ0v) is 15.6. The molecule has 9 nitrogen and oxygen atoms in total. The minimum atomic E-state index is -0.694. The lowest BCUT2D eigenvalue weighted by Gasteiger charge is -2.09. The molecule has 0 aliphatic rings. The number of carbonyl (C=O) groups is 1. The Balaban J connectivity index is 2.21. The third-order valence-corrected chi connectivity index (χ3v) is 3.84. The zero-order chi connectivity index (χ0) is 20.7. The minimum Gasteiger partial charge on any atom is -0.495 e. The van der Waals surface area contributed by atoms with Crippen LogP contribution in [0.3, 0.4) is 0 Å². The summed E-state index contributed by atoms with van der Waals surface area (Å²) in [4.78, 5) is 22.7. The van der Waals surface area contributed by atoms with Gasteiger partial charge in [-0.15, -0.1) is 0 Å². The summed E-state index contributed by atoms with van der Waals surface area (Å²) >= 11 is 6.00. The van der Waals surface area contributed by atoms with E-state index in [9.17, 15) is 20.2 Å². The fraction of sp³-hybridized carbons (Fsp3) is 0.111. The zero-order valence-electron chi connectivity index (χ0n) is 14.9. The van der Waals surface area contributed by atoms with E-state index in [2.05, 4.69) is 10.6 Å². The van der Waals surface area contributed by atoms with Gasteiger partial charge < -0.3 is 20.1 Å². The number of hydrogen-bond donors (Lipinski definition) is 2. The lowest BCUT2D eigenvalue weighted by molar-refractivity contribution is -0.384. The second-order valence-electron chi connectivity index (χ2n) is 5.26. The average molecular weight is 403 g/mol. The molecule has 0 aromatic heterocycles. The van der Waals surface area contributed by atoms with Gasteiger partial charge in [-0.25, -0.2) is 0 Å². The molecule has 0 aliphatic carbocycles. The molecule has 2 aromatic rings. The molecule has 0 saturated carbocycles. The average Bonchev–Trinajstić information content (AvgIpc) is 2.68. The van der Waals surface area contributed by atoms with E-state index in [1.165, 1.54) is 38.5 Å². The predicted molar refractivity (Wildman–Crippen MR) is 104 cm³/mol. The van der Waals surface area contributed by atoms with E-state index in [1.54, 1.807) is 18.2 Å². The highest BCUT2D eigenvalue weighted by atomic mass is 35.5. The Labute approximate surface area is 165 Å². The number of halogens is 1. The molecule has 2 N–H and O–H groups in total. The minimum absolute atomic E-state index is 0.174. The van der Waals surface area contributed by atoms with Gasteiger partial charge in [0.15, 0.2) is 0 Å². The van der Waals surface area contributed by atoms with Gasteiger partial charge in [0, 0.05) is 24.0 Å². The first-order valence-electron chi connectivity index (χ1n) is 7.73. The van der Waals surface area contributed by atoms with Crippen LogP contribution < -0.4 is 20.1 Å². The summed E-state index contributed by atoms with van der Waals surface area (Å²) in [5.41, 5.74) is 0.155. The number of nitriles is 1. The van der Waals surface area contributed by atoms with Gasteiger partial charge in [-0.1, -0.05) is 11.6 Å². The maximum atomic E-state index is 12.3. The Morgan fingerprint density at radius 2 is 1.89 bits per heavy atom. The largest absolute Gasteiger partial charge is 0.495 e. The van der Waals surface area contributed by atoms with Crippen LogP contribution in [-0.2, 0) is 4.79 Å². The van der Waals surface area contributed by atoms with E-state index < -0.39 is 10.8 Å². The van der Waals surface area contributed by atoms with E-state index >= 15 is 0 Å². The number of methoxy groups -OCH3 is 2. The van der Waals surface area contributed by atoms with Gasteiger partial charge in [-0.2, -0.15) is 5.26 Å². The van der Waals surface area contributed by atoms with E-state index in [4.69, 9.17) is 21.1 Å². The Morgan fingerprint density at radius 3 is 2.46 bits per heavy atom. The Hall–Kier alpha value is -3.77. The summed E-state index contributed by atoms with van der Waals surface area (Å²) in [7, 11) is 2.85. The molecular formula is C18H15ClN4O5. The molecule has 0 bridgehead atoms. The van der Waals surface area contributed by atoms with Gasteiger partial charge in [-0.05, 0) is 24.3 Å². The first-order chi connectivity index (χ1) is 13.4. The second kappa shape index (κ2) is 9.25. The maximum absolute atomic E-state index is 12.3. The van der Waals surface area contributed by atoms with Gasteiger partial charge in [-0.3, -0.25) is 14.9 Å². The summed E-state index contributed by atoms with van der Waals surface area (Å²) in [6, 6.07) is 10.3. The van der Waals surface area contributed by atoms with Crippen LogP contribution in [0.2, 0.25) is 5.02 Å². The van der Waals surface area contributed by atoms with Crippen LogP contribution in [-0.4, -0.2) is 25.1 Å². The molecule has 2 aromatic carbocycles. The second-order valence-corrected chi connectivity index (χ2v) is 5.67. The van der Waals surface area contributed by atoms with E-state index in [0.29, 0.717) is 22.2 Å². The first kappa shape index (κ1) is 20.5. The monoisotopic (exact) mass is 402 g/mol. The molecule has 0 radical (unpaired) electrons. The van der Waals surface area contributed by atoms with Crippen LogP contribution in [0.15, 0.2) is 48.2 Å². The third kappa shape index (κ3) is 4.90. The number of carbonyl (C=O) groups excluding carboxylic acids is 1. The van der Waals surface area contributed by atoms with Crippen molar-refractivity contribution in [3.8, 4) is 17.6 Å². The van der Waals surface area contributed by atoms with Gasteiger partial charge in [0.05, 0.1) is 29.9 Å². The van der Waals surface area contributed by atoms with Crippen LogP contribution in [0.4, 0.5) is 17.1 Å². The topological polar surface area (TPSA) is 127 Å². The lowest BCUT2D eigenvalue weighted by Crippen LogP contribution is -2.14. The number of benzene rings is 2. The maximum Gasteiger partial charge on any atom is 0.271 e. The Bertz CT molecular complexity index is 984. The van der Waals surface area contributed by atoms with Crippen molar-refractivity contribution in [2.45, 2.75) is 0 Å². The van der Waals surface area contributed by atoms with Crippen molar-refractivity contribution in [1.82, 2.24) is 0 Å². The highest BCUT2D eigenvalue weighted by molar-refractivity contribution is 6.32. The Morgan fingerprint density at radius 1 is 1.21 bits per heavy atom. The van der Waals surface area contributed by atoms with E-state index in [0.717, 1.165) is 6.20 Å². The standard InChI is InChI=1S/C18H15ClN4O5/c1-27-16-5-3-12(7-14(16)19)22-18(24)11(9-20)10-21-15-8-13(23(25)26)4-6-17(15)28-2/h3-8,10,21H,1-2H3,(H,22,24)/b11-10-. The van der Waals surface area contributed by atoms with Gasteiger partial charge in [0.25, 0.3) is 11.6 Å². The van der Waals surface area contributed by atoms with Crippen molar-refractivity contribution in [2.75, 3.05) is 24.9 Å². The molecule has 0 aliphatic heterocycles. The van der Waals surface area contributed by atoms with E-state index in [-0.39, 0.29) is 16.9 Å². The van der Waals surface area contributed by atoms with Crippen molar-refractivity contribution < 1.29 is 19.2 Å². The molecule has 144 valence electrons. The van der Waals surface area contributed by atoms with Crippen LogP contribution in [0.1, 0.15) is 0 Å². The summed E-state index contributed by atoms with van der Waals surface area (Å²) < 4.78 is 10.1. The lowest BCUT2D eigenvalue weighted by atomic mass is 10.2. The number of ether oxygens (including phenoxy) is 2. The summed E-state index contributed by atoms with van der Waals surface area (Å²) in [6.45, 7) is 0.